The molecular formula is C5H4N2OS2. The average Bonchev–Trinajstić information content (AvgIpc) is 2.41. The van der Waals surface area contributed by atoms with Gasteiger partial charge in [-0.1, -0.05) is 20.7 Å². The van der Waals surface area contributed by atoms with Gasteiger partial charge in [0.05, 0.1) is 10.6 Å². The summed E-state index contributed by atoms with van der Waals surface area (Å²) in [5.41, 5.74) is 0.703. The van der Waals surface area contributed by atoms with Crippen LogP contribution in [0.3, 0.4) is 0 Å². The van der Waals surface area contributed by atoms with Gasteiger partial charge in [-0.25, -0.2) is 4.68 Å². The van der Waals surface area contributed by atoms with Crippen LogP contribution >= 0.6 is 20.7 Å². The second-order valence-electron chi connectivity index (χ2n) is 1.90. The summed E-state index contributed by atoms with van der Waals surface area (Å²) in [6, 6.07) is 1.55. The van der Waals surface area contributed by atoms with Crippen molar-refractivity contribution in [1.82, 2.24) is 4.68 Å². The van der Waals surface area contributed by atoms with Gasteiger partial charge in [-0.15, -0.1) is 0 Å². The van der Waals surface area contributed by atoms with Crippen molar-refractivity contribution < 1.29 is 0 Å². The van der Waals surface area contributed by atoms with Gasteiger partial charge in [0.2, 0.25) is 0 Å². The van der Waals surface area contributed by atoms with Crippen molar-refractivity contribution in [2.75, 3.05) is 5.84 Å². The Labute approximate surface area is 64.0 Å². The number of aromatic nitrogens is 1. The third kappa shape index (κ3) is 0.614. The van der Waals surface area contributed by atoms with Crippen LogP contribution in [0.15, 0.2) is 16.2 Å². The molecule has 0 atom stereocenters. The molecule has 0 saturated carbocycles. The molecule has 10 heavy (non-hydrogen) atoms. The van der Waals surface area contributed by atoms with E-state index in [4.69, 9.17) is 5.84 Å². The highest BCUT2D eigenvalue weighted by Gasteiger charge is 2.10. The van der Waals surface area contributed by atoms with Gasteiger partial charge >= 0.3 is 0 Å². The lowest BCUT2D eigenvalue weighted by atomic mass is 10.4. The average molecular weight is 172 g/mol. The summed E-state index contributed by atoms with van der Waals surface area (Å²) in [7, 11) is 3.15. The molecule has 0 aromatic carbocycles. The molecule has 0 aromatic rings. The molecule has 0 aromatic heterocycles. The molecule has 52 valence electrons. The van der Waals surface area contributed by atoms with Gasteiger partial charge in [-0.05, 0) is 0 Å². The second-order valence-corrected chi connectivity index (χ2v) is 4.01. The summed E-state index contributed by atoms with van der Waals surface area (Å²) in [6.07, 6.45) is 0. The van der Waals surface area contributed by atoms with Gasteiger partial charge in [0.15, 0.2) is 0 Å². The van der Waals surface area contributed by atoms with E-state index in [2.05, 4.69) is 0 Å². The minimum Gasteiger partial charge on any atom is -0.336 e. The number of nitrogens with two attached hydrogens (primary N) is 1. The largest absolute Gasteiger partial charge is 0.336 e. The van der Waals surface area contributed by atoms with Gasteiger partial charge in [-0.3, -0.25) is 4.79 Å². The molecule has 2 aliphatic rings. The molecule has 5 heteroatoms. The van der Waals surface area contributed by atoms with E-state index in [9.17, 15) is 4.79 Å². The highest BCUT2D eigenvalue weighted by Crippen LogP contribution is 2.29. The van der Waals surface area contributed by atoms with E-state index < -0.39 is 0 Å². The lowest BCUT2D eigenvalue weighted by Crippen LogP contribution is -2.21. The topological polar surface area (TPSA) is 48.0 Å². The van der Waals surface area contributed by atoms with Gasteiger partial charge in [0.1, 0.15) is 0 Å². The van der Waals surface area contributed by atoms with Crippen molar-refractivity contribution >= 4 is 20.7 Å². The summed E-state index contributed by atoms with van der Waals surface area (Å²) in [5, 5.41) is 1.88. The molecule has 0 amide bonds. The lowest BCUT2D eigenvalue weighted by molar-refractivity contribution is 0.985. The van der Waals surface area contributed by atoms with E-state index in [0.29, 0.717) is 0 Å². The molecule has 0 aliphatic carbocycles. The first-order valence-corrected chi connectivity index (χ1v) is 4.85. The van der Waals surface area contributed by atoms with Gasteiger partial charge < -0.3 is 5.84 Å². The molecule has 2 N–H and O–H groups in total. The summed E-state index contributed by atoms with van der Waals surface area (Å²) in [5.74, 6) is 5.40. The quantitative estimate of drug-likeness (QED) is 0.472. The zero-order valence-corrected chi connectivity index (χ0v) is 6.54. The summed E-state index contributed by atoms with van der Waals surface area (Å²) >= 11 is 0. The van der Waals surface area contributed by atoms with Gasteiger partial charge in [0.25, 0.3) is 5.56 Å². The standard InChI is InChI=1S/C5H4N2OS2/c6-7-3-2-9-10-4(3)1-5(7)8/h1-2H,6H2. The highest BCUT2D eigenvalue weighted by molar-refractivity contribution is 7.70. The molecule has 0 spiro atoms. The predicted molar refractivity (Wildman–Crippen MR) is 43.2 cm³/mol. The maximum Gasteiger partial charge on any atom is 0.270 e. The van der Waals surface area contributed by atoms with Crippen LogP contribution in [0, 0.1) is 0 Å². The van der Waals surface area contributed by atoms with Gasteiger partial charge in [-0.2, -0.15) is 0 Å². The Morgan fingerprint density at radius 2 is 2.40 bits per heavy atom. The first-order valence-electron chi connectivity index (χ1n) is 2.63. The van der Waals surface area contributed by atoms with Crippen LogP contribution in [-0.2, 0) is 0 Å². The fourth-order valence-electron chi connectivity index (χ4n) is 0.796. The lowest BCUT2D eigenvalue weighted by Gasteiger charge is -1.89. The fraction of sp³-hybridized carbons (Fsp3) is 0. The highest BCUT2D eigenvalue weighted by atomic mass is 32.9. The number of hydrogen-bond donors (Lipinski definition) is 1. The van der Waals surface area contributed by atoms with E-state index in [1.807, 2.05) is 5.38 Å². The van der Waals surface area contributed by atoms with Gasteiger partial charge in [0, 0.05) is 11.4 Å². The van der Waals surface area contributed by atoms with E-state index in [0.717, 1.165) is 10.6 Å². The number of hydrogen-bond acceptors (Lipinski definition) is 4. The van der Waals surface area contributed by atoms with Crippen LogP contribution in [0.25, 0.3) is 10.6 Å². The number of nitrogens with zero attached hydrogens (tertiary/aromatic N) is 1. The number of rotatable bonds is 0. The third-order valence-electron chi connectivity index (χ3n) is 1.30. The maximum absolute atomic E-state index is 10.8. The van der Waals surface area contributed by atoms with E-state index in [-0.39, 0.29) is 5.56 Å². The monoisotopic (exact) mass is 172 g/mol. The Bertz CT molecular complexity index is 372. The van der Waals surface area contributed by atoms with Crippen LogP contribution in [0.1, 0.15) is 0 Å². The zero-order valence-electron chi connectivity index (χ0n) is 4.90. The Kier molecular flexibility index (Phi) is 1.09. The SMILES string of the molecule is Nn1c2cssc-2cc1=O. The molecule has 2 rings (SSSR count). The molecular weight excluding hydrogens is 168 g/mol. The molecule has 2 aliphatic heterocycles. The molecule has 2 heterocycles. The summed E-state index contributed by atoms with van der Waals surface area (Å²) in [4.78, 5) is 11.8. The van der Waals surface area contributed by atoms with Crippen molar-refractivity contribution in [3.63, 3.8) is 0 Å². The molecule has 0 saturated heterocycles. The maximum atomic E-state index is 10.8. The molecule has 3 nitrogen and oxygen atoms in total. The predicted octanol–water partition coefficient (Wildman–Crippen LogP) is 0.790. The van der Waals surface area contributed by atoms with E-state index in [1.54, 1.807) is 26.7 Å². The van der Waals surface area contributed by atoms with Crippen LogP contribution < -0.4 is 11.4 Å². The van der Waals surface area contributed by atoms with Crippen LogP contribution in [-0.4, -0.2) is 4.68 Å². The van der Waals surface area contributed by atoms with Crippen LogP contribution in [0.4, 0.5) is 0 Å². The Balaban J connectivity index is 2.93. The van der Waals surface area contributed by atoms with Crippen molar-refractivity contribution in [1.29, 1.82) is 0 Å². The second kappa shape index (κ2) is 1.83. The Hall–Kier alpha value is -0.810. The number of fused-ring (bicyclic) bond motifs is 1. The molecule has 0 fully saturated rings. The molecule has 0 unspecified atom stereocenters. The Morgan fingerprint density at radius 1 is 1.60 bits per heavy atom. The minimum atomic E-state index is -0.131. The molecule has 0 bridgehead atoms. The third-order valence-corrected chi connectivity index (χ3v) is 3.34. The Morgan fingerprint density at radius 3 is 3.10 bits per heavy atom. The van der Waals surface area contributed by atoms with Crippen molar-refractivity contribution in [2.24, 2.45) is 0 Å². The zero-order chi connectivity index (χ0) is 7.14. The van der Waals surface area contributed by atoms with Crippen molar-refractivity contribution in [3.8, 4) is 10.6 Å². The fourth-order valence-corrected chi connectivity index (χ4v) is 2.88. The van der Waals surface area contributed by atoms with Crippen molar-refractivity contribution in [3.05, 3.63) is 21.8 Å². The van der Waals surface area contributed by atoms with E-state index >= 15 is 0 Å². The van der Waals surface area contributed by atoms with Crippen LogP contribution in [0.2, 0.25) is 0 Å². The minimum absolute atomic E-state index is 0.131. The van der Waals surface area contributed by atoms with Crippen molar-refractivity contribution in [2.45, 2.75) is 0 Å². The van der Waals surface area contributed by atoms with E-state index in [1.165, 1.54) is 4.68 Å². The number of nitrogen functional groups attached to an aromatic ring is 1. The smallest absolute Gasteiger partial charge is 0.270 e. The summed E-state index contributed by atoms with van der Waals surface area (Å²) in [6.45, 7) is 0. The molecule has 0 radical (unpaired) electrons. The van der Waals surface area contributed by atoms with Crippen LogP contribution in [0.5, 0.6) is 0 Å². The normalized spacial score (nSPS) is 10.8. The first-order chi connectivity index (χ1) is 4.79. The summed E-state index contributed by atoms with van der Waals surface area (Å²) < 4.78 is 1.17. The first kappa shape index (κ1) is 5.94.